The van der Waals surface area contributed by atoms with Crippen LogP contribution in [0.4, 0.5) is 11.5 Å². The Morgan fingerprint density at radius 1 is 1.32 bits per heavy atom. The minimum Gasteiger partial charge on any atom is -0.394 e. The molecule has 19 heavy (non-hydrogen) atoms. The highest BCUT2D eigenvalue weighted by atomic mass is 16.7. The van der Waals surface area contributed by atoms with Crippen molar-refractivity contribution in [1.82, 2.24) is 9.61 Å². The molecule has 0 atom stereocenters. The minimum absolute atomic E-state index is 0.553. The van der Waals surface area contributed by atoms with E-state index in [0.717, 1.165) is 24.3 Å². The van der Waals surface area contributed by atoms with Gasteiger partial charge in [0.2, 0.25) is 0 Å². The highest BCUT2D eigenvalue weighted by Gasteiger charge is 2.40. The molecule has 0 bridgehead atoms. The van der Waals surface area contributed by atoms with Crippen LogP contribution in [0.15, 0.2) is 24.4 Å². The van der Waals surface area contributed by atoms with E-state index in [-0.39, 0.29) is 0 Å². The maximum Gasteiger partial charge on any atom is 0.186 e. The Morgan fingerprint density at radius 2 is 2.11 bits per heavy atom. The van der Waals surface area contributed by atoms with Gasteiger partial charge in [0, 0.05) is 33.4 Å². The number of hydrogen-bond donors (Lipinski definition) is 1. The van der Waals surface area contributed by atoms with Gasteiger partial charge in [-0.15, -0.1) is 5.10 Å². The highest BCUT2D eigenvalue weighted by molar-refractivity contribution is 5.81. The van der Waals surface area contributed by atoms with Crippen LogP contribution in [0.3, 0.4) is 0 Å². The molecule has 1 saturated heterocycles. The van der Waals surface area contributed by atoms with Crippen LogP contribution in [-0.2, 0) is 9.47 Å². The van der Waals surface area contributed by atoms with Crippen molar-refractivity contribution < 1.29 is 9.47 Å². The number of hydrogen-bond acceptors (Lipinski definition) is 5. The van der Waals surface area contributed by atoms with Gasteiger partial charge in [-0.1, -0.05) is 6.07 Å². The van der Waals surface area contributed by atoms with Crippen LogP contribution < -0.4 is 10.6 Å². The molecule has 6 heteroatoms. The molecule has 0 aromatic carbocycles. The molecular formula is C13H18N4O2. The summed E-state index contributed by atoms with van der Waals surface area (Å²) >= 11 is 0. The van der Waals surface area contributed by atoms with Crippen LogP contribution in [-0.4, -0.2) is 42.7 Å². The first-order valence-electron chi connectivity index (χ1n) is 6.27. The Hall–Kier alpha value is -1.79. The SMILES string of the molecule is COC1(OC)CCN(c2nn3ccccc3c2N)C1. The van der Waals surface area contributed by atoms with Crippen molar-refractivity contribution in [3.8, 4) is 0 Å². The van der Waals surface area contributed by atoms with Crippen molar-refractivity contribution in [3.05, 3.63) is 24.4 Å². The van der Waals surface area contributed by atoms with E-state index in [0.29, 0.717) is 12.2 Å². The van der Waals surface area contributed by atoms with E-state index in [9.17, 15) is 0 Å². The molecule has 1 fully saturated rings. The predicted molar refractivity (Wildman–Crippen MR) is 73.2 cm³/mol. The van der Waals surface area contributed by atoms with Crippen molar-refractivity contribution in [2.24, 2.45) is 0 Å². The molecule has 2 aromatic heterocycles. The monoisotopic (exact) mass is 262 g/mol. The Labute approximate surface area is 111 Å². The number of pyridine rings is 1. The molecule has 102 valence electrons. The van der Waals surface area contributed by atoms with E-state index < -0.39 is 5.79 Å². The third-order valence-corrected chi connectivity index (χ3v) is 3.80. The van der Waals surface area contributed by atoms with Gasteiger partial charge in [0.05, 0.1) is 12.1 Å². The largest absolute Gasteiger partial charge is 0.394 e. The maximum atomic E-state index is 6.18. The molecule has 0 unspecified atom stereocenters. The molecule has 6 nitrogen and oxygen atoms in total. The third-order valence-electron chi connectivity index (χ3n) is 3.80. The molecular weight excluding hydrogens is 244 g/mol. The van der Waals surface area contributed by atoms with E-state index in [2.05, 4.69) is 10.00 Å². The van der Waals surface area contributed by atoms with Gasteiger partial charge >= 0.3 is 0 Å². The molecule has 2 aromatic rings. The maximum absolute atomic E-state index is 6.18. The van der Waals surface area contributed by atoms with Crippen LogP contribution >= 0.6 is 0 Å². The molecule has 3 heterocycles. The van der Waals surface area contributed by atoms with Crippen LogP contribution in [0.1, 0.15) is 6.42 Å². The summed E-state index contributed by atoms with van der Waals surface area (Å²) in [6.45, 7) is 1.45. The molecule has 1 aliphatic heterocycles. The Morgan fingerprint density at radius 3 is 2.74 bits per heavy atom. The lowest BCUT2D eigenvalue weighted by molar-refractivity contribution is -0.189. The third kappa shape index (κ3) is 1.84. The Kier molecular flexibility index (Phi) is 2.83. The smallest absolute Gasteiger partial charge is 0.186 e. The van der Waals surface area contributed by atoms with E-state index in [1.54, 1.807) is 18.7 Å². The number of anilines is 2. The summed E-state index contributed by atoms with van der Waals surface area (Å²) in [5.41, 5.74) is 7.80. The zero-order valence-corrected chi connectivity index (χ0v) is 11.2. The number of nitrogen functional groups attached to an aromatic ring is 1. The van der Waals surface area contributed by atoms with Crippen LogP contribution in [0, 0.1) is 0 Å². The molecule has 0 spiro atoms. The molecule has 0 aliphatic carbocycles. The normalized spacial score (nSPS) is 18.3. The summed E-state index contributed by atoms with van der Waals surface area (Å²) in [7, 11) is 3.33. The van der Waals surface area contributed by atoms with Gasteiger partial charge in [0.1, 0.15) is 5.69 Å². The molecule has 0 saturated carbocycles. The summed E-state index contributed by atoms with van der Waals surface area (Å²) in [4.78, 5) is 2.11. The van der Waals surface area contributed by atoms with Gasteiger partial charge in [-0.05, 0) is 12.1 Å². The first-order chi connectivity index (χ1) is 9.19. The van der Waals surface area contributed by atoms with Crippen molar-refractivity contribution >= 4 is 17.0 Å². The van der Waals surface area contributed by atoms with E-state index in [4.69, 9.17) is 15.2 Å². The van der Waals surface area contributed by atoms with Gasteiger partial charge in [0.25, 0.3) is 0 Å². The second-order valence-electron chi connectivity index (χ2n) is 4.76. The van der Waals surface area contributed by atoms with Gasteiger partial charge < -0.3 is 20.1 Å². The highest BCUT2D eigenvalue weighted by Crippen LogP contribution is 2.33. The fraction of sp³-hybridized carbons (Fsp3) is 0.462. The number of aromatic nitrogens is 2. The summed E-state index contributed by atoms with van der Waals surface area (Å²) in [6.07, 6.45) is 2.69. The number of fused-ring (bicyclic) bond motifs is 1. The van der Waals surface area contributed by atoms with Crippen molar-refractivity contribution in [2.45, 2.75) is 12.2 Å². The second-order valence-corrected chi connectivity index (χ2v) is 4.76. The average Bonchev–Trinajstić information content (AvgIpc) is 3.02. The molecule has 1 aliphatic rings. The summed E-state index contributed by atoms with van der Waals surface area (Å²) in [5, 5.41) is 4.53. The second kappa shape index (κ2) is 4.40. The number of ether oxygens (including phenoxy) is 2. The quantitative estimate of drug-likeness (QED) is 0.840. The van der Waals surface area contributed by atoms with E-state index >= 15 is 0 Å². The van der Waals surface area contributed by atoms with Crippen molar-refractivity contribution in [3.63, 3.8) is 0 Å². The average molecular weight is 262 g/mol. The topological polar surface area (TPSA) is 65.0 Å². The van der Waals surface area contributed by atoms with E-state index in [1.165, 1.54) is 0 Å². The number of methoxy groups -OCH3 is 2. The summed E-state index contributed by atoms with van der Waals surface area (Å²) in [5.74, 6) is 0.240. The first kappa shape index (κ1) is 12.3. The zero-order valence-electron chi connectivity index (χ0n) is 11.2. The van der Waals surface area contributed by atoms with Crippen molar-refractivity contribution in [2.75, 3.05) is 37.9 Å². The fourth-order valence-electron chi connectivity index (χ4n) is 2.59. The first-order valence-corrected chi connectivity index (χ1v) is 6.27. The lowest BCUT2D eigenvalue weighted by Gasteiger charge is -2.26. The zero-order chi connectivity index (χ0) is 13.5. The standard InChI is InChI=1S/C13H18N4O2/c1-18-13(19-2)6-8-16(9-13)12-11(14)10-5-3-4-7-17(10)15-12/h3-5,7H,6,8-9,14H2,1-2H3. The Balaban J connectivity index is 1.96. The molecule has 0 radical (unpaired) electrons. The van der Waals surface area contributed by atoms with Gasteiger partial charge in [-0.25, -0.2) is 4.52 Å². The van der Waals surface area contributed by atoms with Crippen LogP contribution in [0.25, 0.3) is 5.52 Å². The van der Waals surface area contributed by atoms with Gasteiger partial charge in [-0.2, -0.15) is 0 Å². The summed E-state index contributed by atoms with van der Waals surface area (Å²) in [6, 6.07) is 5.85. The number of nitrogens with zero attached hydrogens (tertiary/aromatic N) is 3. The lowest BCUT2D eigenvalue weighted by Crippen LogP contribution is -2.37. The Bertz CT molecular complexity index is 591. The van der Waals surface area contributed by atoms with Gasteiger partial charge in [-0.3, -0.25) is 0 Å². The molecule has 2 N–H and O–H groups in total. The molecule has 0 amide bonds. The molecule has 3 rings (SSSR count). The van der Waals surface area contributed by atoms with Crippen LogP contribution in [0.5, 0.6) is 0 Å². The van der Waals surface area contributed by atoms with Crippen molar-refractivity contribution in [1.29, 1.82) is 0 Å². The lowest BCUT2D eigenvalue weighted by atomic mass is 10.2. The fourth-order valence-corrected chi connectivity index (χ4v) is 2.59. The predicted octanol–water partition coefficient (Wildman–Crippen LogP) is 1.12. The van der Waals surface area contributed by atoms with Crippen LogP contribution in [0.2, 0.25) is 0 Å². The van der Waals surface area contributed by atoms with Gasteiger partial charge in [0.15, 0.2) is 11.6 Å². The van der Waals surface area contributed by atoms with E-state index in [1.807, 2.05) is 24.4 Å². The summed E-state index contributed by atoms with van der Waals surface area (Å²) < 4.78 is 12.7. The number of rotatable bonds is 3. The minimum atomic E-state index is -0.553. The number of nitrogens with two attached hydrogens (primary N) is 1.